The molecule has 0 N–H and O–H groups in total. The SMILES string of the molecule is COC(=O)c1nnc(-c2ccc(C#N)cc2)o1. The van der Waals surface area contributed by atoms with E-state index < -0.39 is 5.97 Å². The highest BCUT2D eigenvalue weighted by Gasteiger charge is 2.15. The van der Waals surface area contributed by atoms with Crippen LogP contribution in [0.5, 0.6) is 0 Å². The van der Waals surface area contributed by atoms with Gasteiger partial charge in [-0.2, -0.15) is 5.26 Å². The highest BCUT2D eigenvalue weighted by molar-refractivity contribution is 5.84. The van der Waals surface area contributed by atoms with Gasteiger partial charge >= 0.3 is 11.9 Å². The molecule has 0 atom stereocenters. The maximum atomic E-state index is 11.1. The Balaban J connectivity index is 2.31. The molecular formula is C11H7N3O3. The molecule has 6 heteroatoms. The number of hydrogen-bond donors (Lipinski definition) is 0. The Hall–Kier alpha value is -2.68. The smallest absolute Gasteiger partial charge is 0.396 e. The lowest BCUT2D eigenvalue weighted by Gasteiger charge is -1.94. The van der Waals surface area contributed by atoms with Crippen LogP contribution in [0.15, 0.2) is 28.7 Å². The minimum Gasteiger partial charge on any atom is -0.462 e. The van der Waals surface area contributed by atoms with Crippen molar-refractivity contribution in [2.75, 3.05) is 7.11 Å². The van der Waals surface area contributed by atoms with Crippen molar-refractivity contribution in [3.8, 4) is 17.5 Å². The van der Waals surface area contributed by atoms with Gasteiger partial charge in [-0.05, 0) is 24.3 Å². The van der Waals surface area contributed by atoms with E-state index in [1.807, 2.05) is 6.07 Å². The molecule has 0 radical (unpaired) electrons. The largest absolute Gasteiger partial charge is 0.462 e. The van der Waals surface area contributed by atoms with Crippen LogP contribution < -0.4 is 0 Å². The molecule has 84 valence electrons. The third-order valence-corrected chi connectivity index (χ3v) is 2.05. The number of aromatic nitrogens is 2. The van der Waals surface area contributed by atoms with Gasteiger partial charge in [0.25, 0.3) is 0 Å². The van der Waals surface area contributed by atoms with Crippen LogP contribution in [0.2, 0.25) is 0 Å². The van der Waals surface area contributed by atoms with Gasteiger partial charge in [0.1, 0.15) is 0 Å². The molecule has 1 aromatic carbocycles. The summed E-state index contributed by atoms with van der Waals surface area (Å²) < 4.78 is 9.56. The van der Waals surface area contributed by atoms with Gasteiger partial charge in [-0.1, -0.05) is 0 Å². The number of nitriles is 1. The Kier molecular flexibility index (Phi) is 2.83. The standard InChI is InChI=1S/C11H7N3O3/c1-16-11(15)10-14-13-9(17-10)8-4-2-7(6-12)3-5-8/h2-5H,1H3. The van der Waals surface area contributed by atoms with Gasteiger partial charge in [0.15, 0.2) is 0 Å². The molecule has 0 aliphatic carbocycles. The number of benzene rings is 1. The molecule has 1 aromatic heterocycles. The summed E-state index contributed by atoms with van der Waals surface area (Å²) >= 11 is 0. The molecule has 0 saturated heterocycles. The monoisotopic (exact) mass is 229 g/mol. The van der Waals surface area contributed by atoms with E-state index in [-0.39, 0.29) is 11.8 Å². The van der Waals surface area contributed by atoms with Crippen LogP contribution in [0.3, 0.4) is 0 Å². The average Bonchev–Trinajstić information content (AvgIpc) is 2.87. The van der Waals surface area contributed by atoms with E-state index in [1.165, 1.54) is 7.11 Å². The highest BCUT2D eigenvalue weighted by Crippen LogP contribution is 2.18. The summed E-state index contributed by atoms with van der Waals surface area (Å²) in [7, 11) is 1.23. The maximum absolute atomic E-state index is 11.1. The average molecular weight is 229 g/mol. The number of rotatable bonds is 2. The van der Waals surface area contributed by atoms with Crippen LogP contribution in [0.25, 0.3) is 11.5 Å². The van der Waals surface area contributed by atoms with Crippen LogP contribution in [0, 0.1) is 11.3 Å². The van der Waals surface area contributed by atoms with E-state index in [9.17, 15) is 4.79 Å². The Bertz CT molecular complexity index is 581. The summed E-state index contributed by atoms with van der Waals surface area (Å²) in [5.41, 5.74) is 1.16. The molecule has 2 rings (SSSR count). The fraction of sp³-hybridized carbons (Fsp3) is 0.0909. The van der Waals surface area contributed by atoms with E-state index in [1.54, 1.807) is 24.3 Å². The van der Waals surface area contributed by atoms with Gasteiger partial charge in [-0.15, -0.1) is 10.2 Å². The number of ether oxygens (including phenoxy) is 1. The summed E-state index contributed by atoms with van der Waals surface area (Å²) in [6.45, 7) is 0. The molecule has 0 saturated carbocycles. The highest BCUT2D eigenvalue weighted by atomic mass is 16.5. The first-order valence-electron chi connectivity index (χ1n) is 4.67. The topological polar surface area (TPSA) is 89.0 Å². The third-order valence-electron chi connectivity index (χ3n) is 2.05. The second-order valence-corrected chi connectivity index (χ2v) is 3.09. The van der Waals surface area contributed by atoms with E-state index in [4.69, 9.17) is 9.68 Å². The van der Waals surface area contributed by atoms with Crippen LogP contribution in [0.1, 0.15) is 16.2 Å². The van der Waals surface area contributed by atoms with Crippen molar-refractivity contribution in [3.05, 3.63) is 35.7 Å². The van der Waals surface area contributed by atoms with Gasteiger partial charge in [-0.3, -0.25) is 0 Å². The molecule has 0 unspecified atom stereocenters. The van der Waals surface area contributed by atoms with E-state index >= 15 is 0 Å². The normalized spacial score (nSPS) is 9.65. The van der Waals surface area contributed by atoms with Crippen molar-refractivity contribution in [1.82, 2.24) is 10.2 Å². The predicted molar refractivity (Wildman–Crippen MR) is 55.8 cm³/mol. The zero-order valence-electron chi connectivity index (χ0n) is 8.88. The minimum absolute atomic E-state index is 0.202. The van der Waals surface area contributed by atoms with Crippen LogP contribution in [-0.2, 0) is 4.74 Å². The molecular weight excluding hydrogens is 222 g/mol. The first kappa shape index (κ1) is 10.8. The second kappa shape index (κ2) is 4.45. The fourth-order valence-corrected chi connectivity index (χ4v) is 1.20. The van der Waals surface area contributed by atoms with E-state index in [0.717, 1.165) is 0 Å². The number of carbonyl (C=O) groups is 1. The van der Waals surface area contributed by atoms with Gasteiger partial charge in [-0.25, -0.2) is 4.79 Å². The van der Waals surface area contributed by atoms with Crippen molar-refractivity contribution in [2.24, 2.45) is 0 Å². The van der Waals surface area contributed by atoms with Gasteiger partial charge in [0.05, 0.1) is 18.7 Å². The van der Waals surface area contributed by atoms with Crippen LogP contribution in [0.4, 0.5) is 0 Å². The lowest BCUT2D eigenvalue weighted by molar-refractivity contribution is 0.0556. The second-order valence-electron chi connectivity index (χ2n) is 3.09. The molecule has 6 nitrogen and oxygen atoms in total. The Morgan fingerprint density at radius 3 is 2.65 bits per heavy atom. The molecule has 0 fully saturated rings. The summed E-state index contributed by atoms with van der Waals surface area (Å²) in [5, 5.41) is 15.9. The van der Waals surface area contributed by atoms with E-state index in [2.05, 4.69) is 14.9 Å². The summed E-state index contributed by atoms with van der Waals surface area (Å²) in [6, 6.07) is 8.56. The van der Waals surface area contributed by atoms with Crippen LogP contribution in [-0.4, -0.2) is 23.3 Å². The molecule has 0 bridgehead atoms. The van der Waals surface area contributed by atoms with Crippen molar-refractivity contribution < 1.29 is 13.9 Å². The lowest BCUT2D eigenvalue weighted by Crippen LogP contribution is -2.00. The molecule has 0 amide bonds. The molecule has 0 aliphatic rings. The Morgan fingerprint density at radius 1 is 1.35 bits per heavy atom. The van der Waals surface area contributed by atoms with Crippen molar-refractivity contribution in [1.29, 1.82) is 5.26 Å². The minimum atomic E-state index is -0.683. The fourth-order valence-electron chi connectivity index (χ4n) is 1.20. The third kappa shape index (κ3) is 2.13. The molecule has 0 aliphatic heterocycles. The maximum Gasteiger partial charge on any atom is 0.396 e. The number of methoxy groups -OCH3 is 1. The van der Waals surface area contributed by atoms with Crippen molar-refractivity contribution in [3.63, 3.8) is 0 Å². The summed E-state index contributed by atoms with van der Waals surface area (Å²) in [4.78, 5) is 11.1. The first-order valence-corrected chi connectivity index (χ1v) is 4.67. The molecule has 0 spiro atoms. The zero-order valence-corrected chi connectivity index (χ0v) is 8.88. The summed E-state index contributed by atoms with van der Waals surface area (Å²) in [6.07, 6.45) is 0. The van der Waals surface area contributed by atoms with E-state index in [0.29, 0.717) is 11.1 Å². The quantitative estimate of drug-likeness (QED) is 0.723. The zero-order chi connectivity index (χ0) is 12.3. The van der Waals surface area contributed by atoms with Gasteiger partial charge in [0, 0.05) is 5.56 Å². The van der Waals surface area contributed by atoms with Crippen molar-refractivity contribution >= 4 is 5.97 Å². The van der Waals surface area contributed by atoms with Crippen molar-refractivity contribution in [2.45, 2.75) is 0 Å². The molecule has 17 heavy (non-hydrogen) atoms. The molecule has 1 heterocycles. The number of esters is 1. The predicted octanol–water partition coefficient (Wildman–Crippen LogP) is 1.39. The van der Waals surface area contributed by atoms with Gasteiger partial charge < -0.3 is 9.15 Å². The Morgan fingerprint density at radius 2 is 2.06 bits per heavy atom. The lowest BCUT2D eigenvalue weighted by atomic mass is 10.1. The van der Waals surface area contributed by atoms with Gasteiger partial charge in [0.2, 0.25) is 5.89 Å². The van der Waals surface area contributed by atoms with Crippen LogP contribution >= 0.6 is 0 Å². The number of carbonyl (C=O) groups excluding carboxylic acids is 1. The summed E-state index contributed by atoms with van der Waals surface area (Å²) in [5.74, 6) is -0.681. The first-order chi connectivity index (χ1) is 8.24. The number of nitrogens with zero attached hydrogens (tertiary/aromatic N) is 3. The molecule has 2 aromatic rings. The Labute approximate surface area is 96.5 Å². The number of hydrogen-bond acceptors (Lipinski definition) is 6.